The minimum Gasteiger partial charge on any atom is -0.497 e. The van der Waals surface area contributed by atoms with Gasteiger partial charge >= 0.3 is 6.03 Å². The number of hydrogen-bond acceptors (Lipinski definition) is 5. The molecule has 1 fully saturated rings. The van der Waals surface area contributed by atoms with Crippen LogP contribution in [0.2, 0.25) is 0 Å². The van der Waals surface area contributed by atoms with Crippen LogP contribution >= 0.6 is 0 Å². The summed E-state index contributed by atoms with van der Waals surface area (Å²) in [7, 11) is 1.54. The summed E-state index contributed by atoms with van der Waals surface area (Å²) in [5.74, 6) is 5.90. The number of hydrogen-bond donors (Lipinski definition) is 3. The molecule has 1 aliphatic rings. The van der Waals surface area contributed by atoms with E-state index in [0.717, 1.165) is 16.2 Å². The van der Waals surface area contributed by atoms with Gasteiger partial charge in [-0.05, 0) is 18.2 Å². The number of methoxy groups -OCH3 is 1. The molecule has 1 aliphatic heterocycles. The number of benzene rings is 2. The minimum atomic E-state index is -1.56. The predicted octanol–water partition coefficient (Wildman–Crippen LogP) is 2.53. The van der Waals surface area contributed by atoms with Gasteiger partial charge in [0.05, 0.1) is 19.2 Å². The van der Waals surface area contributed by atoms with Crippen LogP contribution in [-0.4, -0.2) is 39.2 Å². The lowest BCUT2D eigenvalue weighted by atomic mass is 9.99. The molecule has 8 heteroatoms. The molecule has 0 radical (unpaired) electrons. The zero-order chi connectivity index (χ0) is 22.3. The smallest absolute Gasteiger partial charge is 0.323 e. The fourth-order valence-electron chi connectivity index (χ4n) is 3.85. The molecule has 4 aromatic rings. The molecule has 0 saturated carbocycles. The van der Waals surface area contributed by atoms with Crippen molar-refractivity contribution in [1.82, 2.24) is 20.2 Å². The van der Waals surface area contributed by atoms with Crippen molar-refractivity contribution in [1.29, 1.82) is 0 Å². The van der Waals surface area contributed by atoms with E-state index < -0.39 is 17.5 Å². The lowest BCUT2D eigenvalue weighted by Crippen LogP contribution is -2.49. The summed E-state index contributed by atoms with van der Waals surface area (Å²) < 4.78 is 6.72. The number of aromatic nitrogens is 2. The Kier molecular flexibility index (Phi) is 4.45. The van der Waals surface area contributed by atoms with Crippen molar-refractivity contribution in [3.8, 4) is 23.5 Å². The molecule has 0 aliphatic carbocycles. The standard InChI is InChI=1S/C24H18N4O4/c1-32-18-7-6-17-13-28(21(29)20(17)10-18)14-24(22(30)26-23(31)27-24)9-8-16-12-25-11-15-4-2-3-5-19(15)16/h2-7,10-13,29H,14H2,1H3,(H2,26,27,30,31)/t24-/m1/s1. The van der Waals surface area contributed by atoms with E-state index in [9.17, 15) is 14.7 Å². The Bertz CT molecular complexity index is 1460. The first kappa shape index (κ1) is 19.5. The number of nitrogens with one attached hydrogen (secondary N) is 2. The van der Waals surface area contributed by atoms with Gasteiger partial charge in [-0.3, -0.25) is 15.1 Å². The molecular formula is C24H18N4O4. The first-order valence-corrected chi connectivity index (χ1v) is 9.84. The van der Waals surface area contributed by atoms with Crippen LogP contribution in [0.4, 0.5) is 4.79 Å². The number of fused-ring (bicyclic) bond motifs is 2. The van der Waals surface area contributed by atoms with Crippen LogP contribution in [0.3, 0.4) is 0 Å². The average molecular weight is 426 g/mol. The Labute approximate surface area is 182 Å². The third-order valence-corrected chi connectivity index (χ3v) is 5.50. The monoisotopic (exact) mass is 426 g/mol. The molecule has 3 N–H and O–H groups in total. The number of imide groups is 1. The third-order valence-electron chi connectivity index (χ3n) is 5.50. The van der Waals surface area contributed by atoms with E-state index in [4.69, 9.17) is 4.74 Å². The van der Waals surface area contributed by atoms with E-state index in [2.05, 4.69) is 27.5 Å². The van der Waals surface area contributed by atoms with E-state index in [1.165, 1.54) is 4.57 Å². The molecule has 3 amide bonds. The van der Waals surface area contributed by atoms with Crippen molar-refractivity contribution in [2.45, 2.75) is 12.1 Å². The van der Waals surface area contributed by atoms with Gasteiger partial charge in [0.25, 0.3) is 5.91 Å². The molecule has 0 spiro atoms. The summed E-state index contributed by atoms with van der Waals surface area (Å²) in [5, 5.41) is 18.8. The van der Waals surface area contributed by atoms with E-state index >= 15 is 0 Å². The predicted molar refractivity (Wildman–Crippen MR) is 118 cm³/mol. The molecule has 32 heavy (non-hydrogen) atoms. The van der Waals surface area contributed by atoms with Gasteiger partial charge in [-0.25, -0.2) is 4.79 Å². The molecule has 3 heterocycles. The van der Waals surface area contributed by atoms with Crippen LogP contribution in [0.1, 0.15) is 5.56 Å². The second-order valence-corrected chi connectivity index (χ2v) is 7.51. The normalized spacial score (nSPS) is 17.7. The summed E-state index contributed by atoms with van der Waals surface area (Å²) in [6.07, 6.45) is 5.05. The van der Waals surface area contributed by atoms with Crippen molar-refractivity contribution >= 4 is 33.5 Å². The van der Waals surface area contributed by atoms with Crippen molar-refractivity contribution in [3.05, 3.63) is 66.6 Å². The van der Waals surface area contributed by atoms with Gasteiger partial charge in [0.15, 0.2) is 5.88 Å². The maximum Gasteiger partial charge on any atom is 0.323 e. The van der Waals surface area contributed by atoms with Crippen molar-refractivity contribution < 1.29 is 19.4 Å². The van der Waals surface area contributed by atoms with Crippen LogP contribution in [0.25, 0.3) is 21.5 Å². The highest BCUT2D eigenvalue weighted by Crippen LogP contribution is 2.32. The summed E-state index contributed by atoms with van der Waals surface area (Å²) in [5.41, 5.74) is -0.937. The quantitative estimate of drug-likeness (QED) is 0.345. The number of amides is 3. The maximum atomic E-state index is 12.8. The molecule has 0 bridgehead atoms. The van der Waals surface area contributed by atoms with Crippen LogP contribution in [-0.2, 0) is 11.3 Å². The van der Waals surface area contributed by atoms with Crippen LogP contribution in [0.5, 0.6) is 11.6 Å². The van der Waals surface area contributed by atoms with Gasteiger partial charge in [0.1, 0.15) is 5.75 Å². The third kappa shape index (κ3) is 3.17. The van der Waals surface area contributed by atoms with Gasteiger partial charge in [0, 0.05) is 40.1 Å². The molecule has 8 nitrogen and oxygen atoms in total. The second-order valence-electron chi connectivity index (χ2n) is 7.51. The van der Waals surface area contributed by atoms with E-state index in [-0.39, 0.29) is 12.4 Å². The highest BCUT2D eigenvalue weighted by molar-refractivity contribution is 6.09. The number of ether oxygens (including phenoxy) is 1. The number of nitrogens with zero attached hydrogens (tertiary/aromatic N) is 2. The molecule has 2 aromatic carbocycles. The SMILES string of the molecule is COc1ccc2cn(C[C@@]3(C#Cc4cncc5ccccc45)NC(=O)NC3=O)c(O)c2c1. The Morgan fingerprint density at radius 2 is 1.97 bits per heavy atom. The molecular weight excluding hydrogens is 408 g/mol. The number of rotatable bonds is 3. The topological polar surface area (TPSA) is 105 Å². The van der Waals surface area contributed by atoms with Crippen LogP contribution in [0.15, 0.2) is 61.1 Å². The van der Waals surface area contributed by atoms with Gasteiger partial charge in [-0.2, -0.15) is 0 Å². The first-order chi connectivity index (χ1) is 15.5. The number of carbonyl (C=O) groups excluding carboxylic acids is 2. The Morgan fingerprint density at radius 3 is 2.75 bits per heavy atom. The summed E-state index contributed by atoms with van der Waals surface area (Å²) in [6, 6.07) is 12.3. The molecule has 1 saturated heterocycles. The van der Waals surface area contributed by atoms with E-state index in [1.54, 1.807) is 43.9 Å². The lowest BCUT2D eigenvalue weighted by molar-refractivity contribution is -0.122. The van der Waals surface area contributed by atoms with Gasteiger partial charge in [0.2, 0.25) is 5.54 Å². The Balaban J connectivity index is 1.60. The van der Waals surface area contributed by atoms with E-state index in [0.29, 0.717) is 16.7 Å². The first-order valence-electron chi connectivity index (χ1n) is 9.84. The summed E-state index contributed by atoms with van der Waals surface area (Å²) in [6.45, 7) is -0.0847. The molecule has 5 rings (SSSR count). The second kappa shape index (κ2) is 7.32. The maximum absolute atomic E-state index is 12.8. The number of pyridine rings is 1. The highest BCUT2D eigenvalue weighted by Gasteiger charge is 2.46. The van der Waals surface area contributed by atoms with Crippen molar-refractivity contribution in [2.24, 2.45) is 0 Å². The average Bonchev–Trinajstić information content (AvgIpc) is 3.26. The number of aromatic hydroxyl groups is 1. The largest absolute Gasteiger partial charge is 0.497 e. The van der Waals surface area contributed by atoms with Crippen molar-refractivity contribution in [3.63, 3.8) is 0 Å². The zero-order valence-corrected chi connectivity index (χ0v) is 17.0. The zero-order valence-electron chi connectivity index (χ0n) is 17.0. The highest BCUT2D eigenvalue weighted by atomic mass is 16.5. The minimum absolute atomic E-state index is 0.0548. The summed E-state index contributed by atoms with van der Waals surface area (Å²) >= 11 is 0. The molecule has 2 aromatic heterocycles. The van der Waals surface area contributed by atoms with E-state index in [1.807, 2.05) is 24.3 Å². The molecule has 158 valence electrons. The Morgan fingerprint density at radius 1 is 1.12 bits per heavy atom. The lowest BCUT2D eigenvalue weighted by Gasteiger charge is -2.20. The van der Waals surface area contributed by atoms with Gasteiger partial charge in [-0.15, -0.1) is 0 Å². The fourth-order valence-corrected chi connectivity index (χ4v) is 3.85. The van der Waals surface area contributed by atoms with Gasteiger partial charge in [-0.1, -0.05) is 36.1 Å². The van der Waals surface area contributed by atoms with Crippen LogP contribution < -0.4 is 15.4 Å². The Hall–Kier alpha value is -4.51. The van der Waals surface area contributed by atoms with Crippen LogP contribution in [0, 0.1) is 11.8 Å². The molecule has 1 atom stereocenters. The number of urea groups is 1. The van der Waals surface area contributed by atoms with Gasteiger partial charge < -0.3 is 19.7 Å². The van der Waals surface area contributed by atoms with Crippen molar-refractivity contribution in [2.75, 3.05) is 7.11 Å². The fraction of sp³-hybridized carbons (Fsp3) is 0.125. The molecule has 0 unspecified atom stereocenters. The number of carbonyl (C=O) groups is 2. The summed E-state index contributed by atoms with van der Waals surface area (Å²) in [4.78, 5) is 29.0.